The highest BCUT2D eigenvalue weighted by molar-refractivity contribution is 9.10. The van der Waals surface area contributed by atoms with E-state index in [1.807, 2.05) is 6.07 Å². The summed E-state index contributed by atoms with van der Waals surface area (Å²) in [7, 11) is 0. The molecule has 4 rings (SSSR count). The average molecular weight is 472 g/mol. The molecule has 0 spiro atoms. The van der Waals surface area contributed by atoms with Crippen LogP contribution in [0.4, 0.5) is 0 Å². The van der Waals surface area contributed by atoms with E-state index in [2.05, 4.69) is 15.9 Å². The van der Waals surface area contributed by atoms with Gasteiger partial charge in [-0.25, -0.2) is 4.79 Å². The Kier molecular flexibility index (Phi) is 5.38. The number of esters is 1. The van der Waals surface area contributed by atoms with E-state index in [4.69, 9.17) is 25.5 Å². The van der Waals surface area contributed by atoms with Gasteiger partial charge in [-0.15, -0.1) is 0 Å². The standard InChI is InChI=1S/C22H12BrClO5/c23-17-3-1-2-4-18(17)29-20-12-27-19-11-15(9-10-16(19)21(20)25)28-22(26)13-5-7-14(24)8-6-13/h1-12H. The number of halogens is 2. The number of ether oxygens (including phenoxy) is 2. The lowest BCUT2D eigenvalue weighted by molar-refractivity contribution is 0.0735. The molecule has 7 heteroatoms. The molecule has 0 saturated heterocycles. The van der Waals surface area contributed by atoms with Gasteiger partial charge in [0.1, 0.15) is 23.3 Å². The summed E-state index contributed by atoms with van der Waals surface area (Å²) in [4.78, 5) is 24.9. The zero-order valence-electron chi connectivity index (χ0n) is 14.7. The molecule has 0 aliphatic carbocycles. The highest BCUT2D eigenvalue weighted by atomic mass is 79.9. The molecule has 0 saturated carbocycles. The first-order chi connectivity index (χ1) is 14.0. The maximum absolute atomic E-state index is 12.7. The Morgan fingerprint density at radius 3 is 2.48 bits per heavy atom. The lowest BCUT2D eigenvalue weighted by Gasteiger charge is -2.08. The van der Waals surface area contributed by atoms with Crippen LogP contribution in [0, 0.1) is 0 Å². The first-order valence-electron chi connectivity index (χ1n) is 8.47. The zero-order chi connectivity index (χ0) is 20.4. The summed E-state index contributed by atoms with van der Waals surface area (Å²) in [6.45, 7) is 0. The van der Waals surface area contributed by atoms with Gasteiger partial charge in [-0.05, 0) is 64.5 Å². The third-order valence-electron chi connectivity index (χ3n) is 4.06. The minimum absolute atomic E-state index is 0.0512. The molecular formula is C22H12BrClO5. The number of benzene rings is 3. The van der Waals surface area contributed by atoms with E-state index in [0.29, 0.717) is 26.2 Å². The molecule has 0 unspecified atom stereocenters. The number of hydrogen-bond acceptors (Lipinski definition) is 5. The van der Waals surface area contributed by atoms with Crippen LogP contribution in [-0.2, 0) is 0 Å². The third-order valence-corrected chi connectivity index (χ3v) is 4.97. The minimum atomic E-state index is -0.544. The van der Waals surface area contributed by atoms with Gasteiger partial charge in [0.15, 0.2) is 0 Å². The Hall–Kier alpha value is -3.09. The topological polar surface area (TPSA) is 65.7 Å². The predicted molar refractivity (Wildman–Crippen MR) is 113 cm³/mol. The second-order valence-corrected chi connectivity index (χ2v) is 7.31. The van der Waals surface area contributed by atoms with Gasteiger partial charge in [-0.1, -0.05) is 23.7 Å². The normalized spacial score (nSPS) is 10.7. The van der Waals surface area contributed by atoms with Crippen molar-refractivity contribution in [3.8, 4) is 17.2 Å². The summed E-state index contributed by atoms with van der Waals surface area (Å²) >= 11 is 9.19. The van der Waals surface area contributed by atoms with Gasteiger partial charge in [0.25, 0.3) is 0 Å². The predicted octanol–water partition coefficient (Wildman–Crippen LogP) is 6.22. The lowest BCUT2D eigenvalue weighted by atomic mass is 10.2. The molecule has 0 fully saturated rings. The van der Waals surface area contributed by atoms with E-state index in [0.717, 1.165) is 0 Å². The minimum Gasteiger partial charge on any atom is -0.460 e. The Balaban J connectivity index is 1.60. The summed E-state index contributed by atoms with van der Waals surface area (Å²) in [5.74, 6) is 0.250. The zero-order valence-corrected chi connectivity index (χ0v) is 17.1. The molecule has 0 radical (unpaired) electrons. The second kappa shape index (κ2) is 8.11. The summed E-state index contributed by atoms with van der Waals surface area (Å²) in [5, 5.41) is 0.829. The van der Waals surface area contributed by atoms with Crippen LogP contribution in [-0.4, -0.2) is 5.97 Å². The Bertz CT molecular complexity index is 1260. The van der Waals surface area contributed by atoms with E-state index < -0.39 is 5.97 Å². The largest absolute Gasteiger partial charge is 0.460 e. The van der Waals surface area contributed by atoms with Crippen LogP contribution < -0.4 is 14.9 Å². The van der Waals surface area contributed by atoms with Gasteiger partial charge >= 0.3 is 5.97 Å². The van der Waals surface area contributed by atoms with Gasteiger partial charge < -0.3 is 13.9 Å². The summed E-state index contributed by atoms with van der Waals surface area (Å²) in [6.07, 6.45) is 1.23. The second-order valence-electron chi connectivity index (χ2n) is 6.02. The molecule has 29 heavy (non-hydrogen) atoms. The molecule has 0 bridgehead atoms. The van der Waals surface area contributed by atoms with Crippen molar-refractivity contribution in [1.29, 1.82) is 0 Å². The van der Waals surface area contributed by atoms with Crippen molar-refractivity contribution in [2.24, 2.45) is 0 Å². The number of rotatable bonds is 4. The van der Waals surface area contributed by atoms with Crippen molar-refractivity contribution >= 4 is 44.5 Å². The number of fused-ring (bicyclic) bond motifs is 1. The average Bonchev–Trinajstić information content (AvgIpc) is 2.72. The molecule has 3 aromatic carbocycles. The summed E-state index contributed by atoms with van der Waals surface area (Å²) < 4.78 is 17.3. The molecule has 0 aliphatic heterocycles. The van der Waals surface area contributed by atoms with Gasteiger partial charge in [0.05, 0.1) is 15.4 Å². The quantitative estimate of drug-likeness (QED) is 0.261. The smallest absolute Gasteiger partial charge is 0.343 e. The molecule has 144 valence electrons. The molecule has 0 atom stereocenters. The van der Waals surface area contributed by atoms with Crippen LogP contribution >= 0.6 is 27.5 Å². The van der Waals surface area contributed by atoms with Crippen molar-refractivity contribution in [3.05, 3.63) is 98.3 Å². The number of hydrogen-bond donors (Lipinski definition) is 0. The van der Waals surface area contributed by atoms with E-state index in [9.17, 15) is 9.59 Å². The van der Waals surface area contributed by atoms with Gasteiger partial charge in [0.2, 0.25) is 11.2 Å². The fourth-order valence-corrected chi connectivity index (χ4v) is 3.11. The Morgan fingerprint density at radius 2 is 1.72 bits per heavy atom. The fraction of sp³-hybridized carbons (Fsp3) is 0. The van der Waals surface area contributed by atoms with Crippen LogP contribution in [0.25, 0.3) is 11.0 Å². The van der Waals surface area contributed by atoms with Gasteiger partial charge in [-0.2, -0.15) is 0 Å². The van der Waals surface area contributed by atoms with Crippen molar-refractivity contribution < 1.29 is 18.7 Å². The first-order valence-corrected chi connectivity index (χ1v) is 9.64. The van der Waals surface area contributed by atoms with Crippen LogP contribution in [0.15, 0.2) is 86.7 Å². The molecular weight excluding hydrogens is 460 g/mol. The van der Waals surface area contributed by atoms with Crippen molar-refractivity contribution in [2.45, 2.75) is 0 Å². The van der Waals surface area contributed by atoms with Crippen LogP contribution in [0.5, 0.6) is 17.2 Å². The van der Waals surface area contributed by atoms with Gasteiger partial charge in [-0.3, -0.25) is 4.79 Å². The van der Waals surface area contributed by atoms with Gasteiger partial charge in [0, 0.05) is 11.1 Å². The van der Waals surface area contributed by atoms with E-state index in [1.165, 1.54) is 24.5 Å². The maximum Gasteiger partial charge on any atom is 0.343 e. The number of carbonyl (C=O) groups excluding carboxylic acids is 1. The van der Waals surface area contributed by atoms with Crippen molar-refractivity contribution in [2.75, 3.05) is 0 Å². The lowest BCUT2D eigenvalue weighted by Crippen LogP contribution is -2.09. The van der Waals surface area contributed by atoms with Crippen molar-refractivity contribution in [1.82, 2.24) is 0 Å². The summed E-state index contributed by atoms with van der Waals surface area (Å²) in [5.41, 5.74) is 0.293. The summed E-state index contributed by atoms with van der Waals surface area (Å²) in [6, 6.07) is 18.0. The monoisotopic (exact) mass is 470 g/mol. The number of carbonyl (C=O) groups is 1. The third kappa shape index (κ3) is 4.18. The Labute approximate surface area is 178 Å². The van der Waals surface area contributed by atoms with E-state index >= 15 is 0 Å². The molecule has 5 nitrogen and oxygen atoms in total. The fourth-order valence-electron chi connectivity index (χ4n) is 2.62. The molecule has 4 aromatic rings. The highest BCUT2D eigenvalue weighted by Crippen LogP contribution is 2.29. The van der Waals surface area contributed by atoms with E-state index in [-0.39, 0.29) is 22.5 Å². The molecule has 0 amide bonds. The molecule has 1 heterocycles. The SMILES string of the molecule is O=C(Oc1ccc2c(=O)c(Oc3ccccc3Br)coc2c1)c1ccc(Cl)cc1. The van der Waals surface area contributed by atoms with Crippen molar-refractivity contribution in [3.63, 3.8) is 0 Å². The molecule has 1 aromatic heterocycles. The number of para-hydroxylation sites is 1. The van der Waals surface area contributed by atoms with E-state index in [1.54, 1.807) is 42.5 Å². The van der Waals surface area contributed by atoms with Crippen LogP contribution in [0.2, 0.25) is 5.02 Å². The first kappa shape index (κ1) is 19.2. The molecule has 0 N–H and O–H groups in total. The highest BCUT2D eigenvalue weighted by Gasteiger charge is 2.13. The Morgan fingerprint density at radius 1 is 0.966 bits per heavy atom. The van der Waals surface area contributed by atoms with Crippen LogP contribution in [0.3, 0.4) is 0 Å². The molecule has 0 aliphatic rings. The maximum atomic E-state index is 12.7. The van der Waals surface area contributed by atoms with Crippen LogP contribution in [0.1, 0.15) is 10.4 Å².